The van der Waals surface area contributed by atoms with Crippen molar-refractivity contribution in [2.24, 2.45) is 0 Å². The Morgan fingerprint density at radius 2 is 2.00 bits per heavy atom. The van der Waals surface area contributed by atoms with E-state index in [1.54, 1.807) is 6.07 Å². The molecule has 1 aliphatic carbocycles. The number of morpholine rings is 1. The van der Waals surface area contributed by atoms with Crippen LogP contribution in [0.1, 0.15) is 23.2 Å². The van der Waals surface area contributed by atoms with E-state index >= 15 is 0 Å². The summed E-state index contributed by atoms with van der Waals surface area (Å²) in [5.74, 6) is -0.766. The molecule has 9 heteroatoms. The number of rotatable bonds is 6. The average molecular weight is 348 g/mol. The predicted molar refractivity (Wildman–Crippen MR) is 89.6 cm³/mol. The number of nitrogens with zero attached hydrogens (tertiary/aromatic N) is 2. The van der Waals surface area contributed by atoms with E-state index in [9.17, 15) is 19.7 Å². The van der Waals surface area contributed by atoms with Crippen molar-refractivity contribution < 1.29 is 19.2 Å². The fraction of sp³-hybridized carbons (Fsp3) is 0.500. The molecule has 0 atom stereocenters. The summed E-state index contributed by atoms with van der Waals surface area (Å²) in [6, 6.07) is 4.58. The van der Waals surface area contributed by atoms with Gasteiger partial charge in [-0.25, -0.2) is 0 Å². The van der Waals surface area contributed by atoms with Gasteiger partial charge < -0.3 is 20.3 Å². The minimum absolute atomic E-state index is 0.128. The minimum Gasteiger partial charge on any atom is -0.378 e. The van der Waals surface area contributed by atoms with Gasteiger partial charge in [-0.1, -0.05) is 0 Å². The van der Waals surface area contributed by atoms with Crippen molar-refractivity contribution in [2.75, 3.05) is 37.7 Å². The maximum atomic E-state index is 12.2. The van der Waals surface area contributed by atoms with Gasteiger partial charge in [-0.05, 0) is 25.0 Å². The second-order valence-electron chi connectivity index (χ2n) is 6.08. The molecule has 3 rings (SSSR count). The molecule has 1 aromatic rings. The van der Waals surface area contributed by atoms with E-state index in [0.717, 1.165) is 12.8 Å². The molecule has 2 fully saturated rings. The molecule has 2 aliphatic rings. The number of hydrogen-bond donors (Lipinski definition) is 2. The van der Waals surface area contributed by atoms with E-state index in [2.05, 4.69) is 10.6 Å². The van der Waals surface area contributed by atoms with Gasteiger partial charge in [0.25, 0.3) is 11.6 Å². The summed E-state index contributed by atoms with van der Waals surface area (Å²) in [6.07, 6.45) is 1.93. The first-order chi connectivity index (χ1) is 12.0. The Morgan fingerprint density at radius 3 is 2.64 bits per heavy atom. The average Bonchev–Trinajstić information content (AvgIpc) is 3.43. The smallest absolute Gasteiger partial charge is 0.293 e. The number of carbonyl (C=O) groups excluding carboxylic acids is 2. The molecular formula is C16H20N4O5. The third-order valence-electron chi connectivity index (χ3n) is 4.14. The van der Waals surface area contributed by atoms with Crippen LogP contribution in [0.15, 0.2) is 18.2 Å². The fourth-order valence-corrected chi connectivity index (χ4v) is 2.65. The lowest BCUT2D eigenvalue weighted by Crippen LogP contribution is -2.38. The van der Waals surface area contributed by atoms with Crippen LogP contribution in [0.5, 0.6) is 0 Å². The van der Waals surface area contributed by atoms with E-state index in [4.69, 9.17) is 4.74 Å². The highest BCUT2D eigenvalue weighted by atomic mass is 16.6. The van der Waals surface area contributed by atoms with Gasteiger partial charge in [0.1, 0.15) is 5.69 Å². The maximum Gasteiger partial charge on any atom is 0.293 e. The molecule has 25 heavy (non-hydrogen) atoms. The van der Waals surface area contributed by atoms with Crippen molar-refractivity contribution in [3.63, 3.8) is 0 Å². The van der Waals surface area contributed by atoms with Crippen LogP contribution in [-0.2, 0) is 9.53 Å². The van der Waals surface area contributed by atoms with Crippen LogP contribution in [0.4, 0.5) is 11.4 Å². The summed E-state index contributed by atoms with van der Waals surface area (Å²) >= 11 is 0. The molecule has 2 N–H and O–H groups in total. The first-order valence-corrected chi connectivity index (χ1v) is 8.23. The van der Waals surface area contributed by atoms with Gasteiger partial charge in [0.05, 0.1) is 24.7 Å². The number of ether oxygens (including phenoxy) is 1. The van der Waals surface area contributed by atoms with Crippen molar-refractivity contribution in [3.8, 4) is 0 Å². The molecule has 0 unspecified atom stereocenters. The molecule has 1 aromatic carbocycles. The van der Waals surface area contributed by atoms with Crippen LogP contribution in [0.25, 0.3) is 0 Å². The normalized spacial score (nSPS) is 17.0. The third-order valence-corrected chi connectivity index (χ3v) is 4.14. The Balaban J connectivity index is 1.68. The largest absolute Gasteiger partial charge is 0.378 e. The monoisotopic (exact) mass is 348 g/mol. The van der Waals surface area contributed by atoms with Crippen molar-refractivity contribution in [1.29, 1.82) is 0 Å². The number of carbonyl (C=O) groups is 2. The first kappa shape index (κ1) is 17.2. The highest BCUT2D eigenvalue weighted by Crippen LogP contribution is 2.29. The summed E-state index contributed by atoms with van der Waals surface area (Å²) < 4.78 is 5.26. The number of amides is 2. The van der Waals surface area contributed by atoms with Gasteiger partial charge in [0.2, 0.25) is 5.91 Å². The van der Waals surface area contributed by atoms with E-state index in [-0.39, 0.29) is 29.7 Å². The van der Waals surface area contributed by atoms with Crippen molar-refractivity contribution in [1.82, 2.24) is 10.6 Å². The molecule has 1 heterocycles. The second-order valence-corrected chi connectivity index (χ2v) is 6.08. The van der Waals surface area contributed by atoms with Gasteiger partial charge in [-0.15, -0.1) is 0 Å². The van der Waals surface area contributed by atoms with Gasteiger partial charge in [0, 0.05) is 30.8 Å². The quantitative estimate of drug-likeness (QED) is 0.570. The zero-order valence-corrected chi connectivity index (χ0v) is 13.7. The van der Waals surface area contributed by atoms with Crippen molar-refractivity contribution in [2.45, 2.75) is 18.9 Å². The van der Waals surface area contributed by atoms with Crippen LogP contribution in [-0.4, -0.2) is 55.6 Å². The third kappa shape index (κ3) is 4.44. The van der Waals surface area contributed by atoms with E-state index < -0.39 is 10.8 Å². The highest BCUT2D eigenvalue weighted by Gasteiger charge is 2.25. The van der Waals surface area contributed by atoms with Crippen molar-refractivity contribution in [3.05, 3.63) is 33.9 Å². The highest BCUT2D eigenvalue weighted by molar-refractivity contribution is 5.97. The number of nitro benzene ring substituents is 1. The number of benzene rings is 1. The Bertz CT molecular complexity index is 683. The van der Waals surface area contributed by atoms with Crippen LogP contribution < -0.4 is 15.5 Å². The van der Waals surface area contributed by atoms with Crippen LogP contribution in [0.3, 0.4) is 0 Å². The molecule has 0 radical (unpaired) electrons. The zero-order chi connectivity index (χ0) is 17.8. The minimum atomic E-state index is -0.512. The molecule has 9 nitrogen and oxygen atoms in total. The summed E-state index contributed by atoms with van der Waals surface area (Å²) in [4.78, 5) is 36.5. The molecule has 1 aliphatic heterocycles. The lowest BCUT2D eigenvalue weighted by atomic mass is 10.1. The number of nitrogens with one attached hydrogen (secondary N) is 2. The number of anilines is 1. The Kier molecular flexibility index (Phi) is 5.13. The summed E-state index contributed by atoms with van der Waals surface area (Å²) in [6.45, 7) is 2.00. The molecule has 1 saturated carbocycles. The van der Waals surface area contributed by atoms with Crippen LogP contribution in [0, 0.1) is 10.1 Å². The Labute approximate surface area is 144 Å². The van der Waals surface area contributed by atoms with Crippen molar-refractivity contribution >= 4 is 23.2 Å². The SMILES string of the molecule is O=C(CNC(=O)c1ccc(N2CCOCC2)c([N+](=O)[O-])c1)NC1CC1. The standard InChI is InChI=1S/C16H20N4O5/c21-15(18-12-2-3-12)10-17-16(22)11-1-4-13(14(9-11)20(23)24)19-5-7-25-8-6-19/h1,4,9,12H,2-3,5-8,10H2,(H,17,22)(H,18,21). The van der Waals surface area contributed by atoms with Crippen LogP contribution in [0.2, 0.25) is 0 Å². The van der Waals surface area contributed by atoms with E-state index in [1.165, 1.54) is 12.1 Å². The lowest BCUT2D eigenvalue weighted by Gasteiger charge is -2.28. The molecule has 0 aromatic heterocycles. The number of nitro groups is 1. The molecule has 0 spiro atoms. The van der Waals surface area contributed by atoms with E-state index in [0.29, 0.717) is 32.0 Å². The summed E-state index contributed by atoms with van der Waals surface area (Å²) in [7, 11) is 0. The topological polar surface area (TPSA) is 114 Å². The molecule has 0 bridgehead atoms. The van der Waals surface area contributed by atoms with Crippen LogP contribution >= 0.6 is 0 Å². The molecule has 2 amide bonds. The first-order valence-electron chi connectivity index (χ1n) is 8.23. The predicted octanol–water partition coefficient (Wildman–Crippen LogP) is 0.440. The van der Waals surface area contributed by atoms with E-state index in [1.807, 2.05) is 4.90 Å². The molecule has 134 valence electrons. The van der Waals surface area contributed by atoms with Gasteiger partial charge >= 0.3 is 0 Å². The second kappa shape index (κ2) is 7.47. The zero-order valence-electron chi connectivity index (χ0n) is 13.7. The maximum absolute atomic E-state index is 12.2. The molecular weight excluding hydrogens is 328 g/mol. The van der Waals surface area contributed by atoms with Gasteiger partial charge in [0.15, 0.2) is 0 Å². The lowest BCUT2D eigenvalue weighted by molar-refractivity contribution is -0.384. The number of hydrogen-bond acceptors (Lipinski definition) is 6. The Hall–Kier alpha value is -2.68. The Morgan fingerprint density at radius 1 is 1.28 bits per heavy atom. The van der Waals surface area contributed by atoms with Gasteiger partial charge in [-0.2, -0.15) is 0 Å². The van der Waals surface area contributed by atoms with Gasteiger partial charge in [-0.3, -0.25) is 19.7 Å². The summed E-state index contributed by atoms with van der Waals surface area (Å²) in [5, 5.41) is 16.6. The summed E-state index contributed by atoms with van der Waals surface area (Å²) in [5.41, 5.74) is 0.497. The fourth-order valence-electron chi connectivity index (χ4n) is 2.65. The molecule has 1 saturated heterocycles.